The predicted molar refractivity (Wildman–Crippen MR) is 64.4 cm³/mol. The SMILES string of the molecule is OCC1CCCN1c1ccc(I)cn1. The Hall–Kier alpha value is -0.360. The van der Waals surface area contributed by atoms with Gasteiger partial charge in [-0.3, -0.25) is 0 Å². The molecule has 0 bridgehead atoms. The molecule has 4 heteroatoms. The Morgan fingerprint density at radius 3 is 3.07 bits per heavy atom. The topological polar surface area (TPSA) is 36.4 Å². The number of nitrogens with zero attached hydrogens (tertiary/aromatic N) is 2. The first-order chi connectivity index (χ1) is 6.81. The molecule has 14 heavy (non-hydrogen) atoms. The monoisotopic (exact) mass is 304 g/mol. The Balaban J connectivity index is 2.17. The van der Waals surface area contributed by atoms with E-state index in [0.29, 0.717) is 0 Å². The summed E-state index contributed by atoms with van der Waals surface area (Å²) < 4.78 is 1.14. The van der Waals surface area contributed by atoms with E-state index in [0.717, 1.165) is 28.8 Å². The van der Waals surface area contributed by atoms with E-state index < -0.39 is 0 Å². The van der Waals surface area contributed by atoms with Crippen LogP contribution in [0.2, 0.25) is 0 Å². The molecule has 1 aromatic heterocycles. The van der Waals surface area contributed by atoms with Crippen LogP contribution in [0.25, 0.3) is 0 Å². The van der Waals surface area contributed by atoms with Gasteiger partial charge in [-0.15, -0.1) is 0 Å². The van der Waals surface area contributed by atoms with E-state index in [1.54, 1.807) is 0 Å². The number of hydrogen-bond donors (Lipinski definition) is 1. The molecule has 2 heterocycles. The molecule has 1 atom stereocenters. The number of anilines is 1. The van der Waals surface area contributed by atoms with Crippen LogP contribution in [0, 0.1) is 3.57 Å². The fourth-order valence-electron chi connectivity index (χ4n) is 1.87. The van der Waals surface area contributed by atoms with Crippen LogP contribution in [0.4, 0.5) is 5.82 Å². The smallest absolute Gasteiger partial charge is 0.128 e. The van der Waals surface area contributed by atoms with E-state index in [4.69, 9.17) is 0 Å². The largest absolute Gasteiger partial charge is 0.394 e. The minimum Gasteiger partial charge on any atom is -0.394 e. The first-order valence-electron chi connectivity index (χ1n) is 4.80. The van der Waals surface area contributed by atoms with Gasteiger partial charge in [0.05, 0.1) is 12.6 Å². The highest BCUT2D eigenvalue weighted by Crippen LogP contribution is 2.23. The molecule has 2 rings (SSSR count). The van der Waals surface area contributed by atoms with Crippen molar-refractivity contribution in [3.05, 3.63) is 21.9 Å². The molecule has 76 valence electrons. The molecule has 1 aliphatic heterocycles. The molecule has 1 unspecified atom stereocenters. The summed E-state index contributed by atoms with van der Waals surface area (Å²) in [5, 5.41) is 9.18. The second-order valence-electron chi connectivity index (χ2n) is 3.51. The maximum atomic E-state index is 9.18. The summed E-state index contributed by atoms with van der Waals surface area (Å²) in [6, 6.07) is 4.34. The fraction of sp³-hybridized carbons (Fsp3) is 0.500. The van der Waals surface area contributed by atoms with Crippen molar-refractivity contribution >= 4 is 28.4 Å². The number of pyridine rings is 1. The summed E-state index contributed by atoms with van der Waals surface area (Å²) in [7, 11) is 0. The lowest BCUT2D eigenvalue weighted by Gasteiger charge is -2.23. The van der Waals surface area contributed by atoms with Crippen LogP contribution in [-0.4, -0.2) is 29.3 Å². The third-order valence-corrected chi connectivity index (χ3v) is 3.23. The first-order valence-corrected chi connectivity index (χ1v) is 5.88. The highest BCUT2D eigenvalue weighted by Gasteiger charge is 2.24. The number of aliphatic hydroxyl groups is 1. The zero-order chi connectivity index (χ0) is 9.97. The van der Waals surface area contributed by atoms with Gasteiger partial charge in [-0.05, 0) is 47.6 Å². The fourth-order valence-corrected chi connectivity index (χ4v) is 2.18. The van der Waals surface area contributed by atoms with Crippen molar-refractivity contribution in [1.82, 2.24) is 4.98 Å². The number of aliphatic hydroxyl groups excluding tert-OH is 1. The Labute approximate surface area is 97.3 Å². The molecule has 1 N–H and O–H groups in total. The van der Waals surface area contributed by atoms with Crippen LogP contribution in [0.3, 0.4) is 0 Å². The van der Waals surface area contributed by atoms with Crippen LogP contribution in [0.15, 0.2) is 18.3 Å². The van der Waals surface area contributed by atoms with E-state index >= 15 is 0 Å². The molecular formula is C10H13IN2O. The summed E-state index contributed by atoms with van der Waals surface area (Å²) >= 11 is 2.24. The first kappa shape index (κ1) is 10.2. The molecule has 0 aliphatic carbocycles. The number of rotatable bonds is 2. The van der Waals surface area contributed by atoms with Crippen LogP contribution in [0.1, 0.15) is 12.8 Å². The van der Waals surface area contributed by atoms with E-state index in [2.05, 4.69) is 38.5 Å². The lowest BCUT2D eigenvalue weighted by atomic mass is 10.2. The molecule has 1 aliphatic rings. The number of aromatic nitrogens is 1. The van der Waals surface area contributed by atoms with Crippen LogP contribution < -0.4 is 4.90 Å². The van der Waals surface area contributed by atoms with Gasteiger partial charge >= 0.3 is 0 Å². The zero-order valence-electron chi connectivity index (χ0n) is 7.86. The standard InChI is InChI=1S/C10H13IN2O/c11-8-3-4-10(12-6-8)13-5-1-2-9(13)7-14/h3-4,6,9,14H,1-2,5,7H2. The van der Waals surface area contributed by atoms with Gasteiger partial charge in [0.1, 0.15) is 5.82 Å². The molecule has 0 spiro atoms. The molecule has 3 nitrogen and oxygen atoms in total. The van der Waals surface area contributed by atoms with Crippen LogP contribution >= 0.6 is 22.6 Å². The summed E-state index contributed by atoms with van der Waals surface area (Å²) in [6.07, 6.45) is 4.09. The minimum absolute atomic E-state index is 0.230. The summed E-state index contributed by atoms with van der Waals surface area (Å²) in [5.41, 5.74) is 0. The lowest BCUT2D eigenvalue weighted by Crippen LogP contribution is -2.32. The van der Waals surface area contributed by atoms with E-state index in [1.165, 1.54) is 0 Å². The second-order valence-corrected chi connectivity index (χ2v) is 4.75. The van der Waals surface area contributed by atoms with Gasteiger partial charge in [-0.1, -0.05) is 0 Å². The Morgan fingerprint density at radius 1 is 1.57 bits per heavy atom. The lowest BCUT2D eigenvalue weighted by molar-refractivity contribution is 0.266. The third kappa shape index (κ3) is 2.00. The van der Waals surface area contributed by atoms with Crippen molar-refractivity contribution in [1.29, 1.82) is 0 Å². The van der Waals surface area contributed by atoms with Gasteiger partial charge in [0, 0.05) is 16.3 Å². The molecule has 1 fully saturated rings. The van der Waals surface area contributed by atoms with Crippen molar-refractivity contribution < 1.29 is 5.11 Å². The molecule has 0 aromatic carbocycles. The molecular weight excluding hydrogens is 291 g/mol. The molecule has 1 saturated heterocycles. The minimum atomic E-state index is 0.230. The van der Waals surface area contributed by atoms with Crippen LogP contribution in [0.5, 0.6) is 0 Å². The van der Waals surface area contributed by atoms with E-state index in [9.17, 15) is 5.11 Å². The van der Waals surface area contributed by atoms with E-state index in [-0.39, 0.29) is 12.6 Å². The van der Waals surface area contributed by atoms with Crippen LogP contribution in [-0.2, 0) is 0 Å². The predicted octanol–water partition coefficient (Wildman–Crippen LogP) is 1.65. The van der Waals surface area contributed by atoms with Gasteiger partial charge in [0.15, 0.2) is 0 Å². The molecule has 1 aromatic rings. The third-order valence-electron chi connectivity index (χ3n) is 2.59. The maximum Gasteiger partial charge on any atom is 0.128 e. The van der Waals surface area contributed by atoms with Crippen molar-refractivity contribution in [2.45, 2.75) is 18.9 Å². The average molecular weight is 304 g/mol. The van der Waals surface area contributed by atoms with Gasteiger partial charge in [0.25, 0.3) is 0 Å². The summed E-state index contributed by atoms with van der Waals surface area (Å²) in [4.78, 5) is 6.56. The van der Waals surface area contributed by atoms with Crippen molar-refractivity contribution in [2.75, 3.05) is 18.1 Å². The van der Waals surface area contributed by atoms with Gasteiger partial charge in [-0.2, -0.15) is 0 Å². The number of halogens is 1. The van der Waals surface area contributed by atoms with Gasteiger partial charge in [0.2, 0.25) is 0 Å². The van der Waals surface area contributed by atoms with Crippen molar-refractivity contribution in [2.24, 2.45) is 0 Å². The quantitative estimate of drug-likeness (QED) is 0.844. The normalized spacial score (nSPS) is 21.6. The molecule has 0 saturated carbocycles. The average Bonchev–Trinajstić information content (AvgIpc) is 2.67. The Morgan fingerprint density at radius 2 is 2.43 bits per heavy atom. The Bertz CT molecular complexity index is 301. The zero-order valence-corrected chi connectivity index (χ0v) is 10.0. The highest BCUT2D eigenvalue weighted by atomic mass is 127. The van der Waals surface area contributed by atoms with Gasteiger partial charge < -0.3 is 10.0 Å². The second kappa shape index (κ2) is 4.44. The molecule has 0 radical (unpaired) electrons. The van der Waals surface area contributed by atoms with Crippen molar-refractivity contribution in [3.8, 4) is 0 Å². The Kier molecular flexibility index (Phi) is 3.22. The number of hydrogen-bond acceptors (Lipinski definition) is 3. The van der Waals surface area contributed by atoms with Gasteiger partial charge in [-0.25, -0.2) is 4.98 Å². The highest BCUT2D eigenvalue weighted by molar-refractivity contribution is 14.1. The maximum absolute atomic E-state index is 9.18. The summed E-state index contributed by atoms with van der Waals surface area (Å²) in [6.45, 7) is 1.24. The van der Waals surface area contributed by atoms with E-state index in [1.807, 2.05) is 12.3 Å². The molecule has 0 amide bonds. The van der Waals surface area contributed by atoms with Crippen molar-refractivity contribution in [3.63, 3.8) is 0 Å². The summed E-state index contributed by atoms with van der Waals surface area (Å²) in [5.74, 6) is 0.988.